The first-order valence-corrected chi connectivity index (χ1v) is 6.61. The highest BCUT2D eigenvalue weighted by Crippen LogP contribution is 2.27. The molecule has 0 nitrogen and oxygen atoms in total. The Morgan fingerprint density at radius 2 is 2.38 bits per heavy atom. The quantitative estimate of drug-likeness (QED) is 0.777. The average molecular weight is 257 g/mol. The Balaban J connectivity index is 2.00. The molecule has 0 saturated carbocycles. The van der Waals surface area contributed by atoms with Crippen LogP contribution >= 0.6 is 27.7 Å². The van der Waals surface area contributed by atoms with Crippen molar-refractivity contribution in [2.75, 3.05) is 11.5 Å². The number of halogens is 1. The summed E-state index contributed by atoms with van der Waals surface area (Å²) in [6.07, 6.45) is 2.66. The maximum atomic E-state index is 3.51. The van der Waals surface area contributed by atoms with E-state index in [9.17, 15) is 0 Å². The molecule has 0 spiro atoms. The van der Waals surface area contributed by atoms with Crippen molar-refractivity contribution in [3.8, 4) is 0 Å². The summed E-state index contributed by atoms with van der Waals surface area (Å²) in [6.45, 7) is 0. The second-order valence-electron chi connectivity index (χ2n) is 3.56. The van der Waals surface area contributed by atoms with Crippen molar-refractivity contribution in [1.82, 2.24) is 0 Å². The van der Waals surface area contributed by atoms with Gasteiger partial charge in [0.15, 0.2) is 0 Å². The smallest absolute Gasteiger partial charge is 0.0177 e. The Morgan fingerprint density at radius 1 is 1.46 bits per heavy atom. The molecule has 0 radical (unpaired) electrons. The first kappa shape index (κ1) is 9.60. The number of thioether (sulfide) groups is 1. The fraction of sp³-hybridized carbons (Fsp3) is 0.455. The third kappa shape index (κ3) is 2.75. The van der Waals surface area contributed by atoms with Crippen molar-refractivity contribution in [2.24, 2.45) is 5.92 Å². The van der Waals surface area contributed by atoms with E-state index in [1.807, 2.05) is 0 Å². The Hall–Kier alpha value is 0.0500. The molecule has 1 aliphatic rings. The van der Waals surface area contributed by atoms with Crippen molar-refractivity contribution < 1.29 is 0 Å². The molecule has 1 heterocycles. The summed E-state index contributed by atoms with van der Waals surface area (Å²) >= 11 is 5.60. The number of benzene rings is 1. The molecule has 1 aromatic carbocycles. The first-order chi connectivity index (χ1) is 6.34. The van der Waals surface area contributed by atoms with Gasteiger partial charge < -0.3 is 0 Å². The standard InChI is InChI=1S/C11H13BrS/c12-11-3-1-2-9(7-11)6-10-4-5-13-8-10/h1-3,7,10H,4-6,8H2. The fourth-order valence-electron chi connectivity index (χ4n) is 1.74. The molecule has 0 amide bonds. The minimum atomic E-state index is 0.916. The molecule has 1 unspecified atom stereocenters. The van der Waals surface area contributed by atoms with Crippen LogP contribution in [-0.4, -0.2) is 11.5 Å². The highest BCUT2D eigenvalue weighted by molar-refractivity contribution is 9.10. The van der Waals surface area contributed by atoms with Gasteiger partial charge in [0, 0.05) is 4.47 Å². The van der Waals surface area contributed by atoms with Crippen LogP contribution in [0.25, 0.3) is 0 Å². The molecule has 1 saturated heterocycles. The maximum absolute atomic E-state index is 3.51. The van der Waals surface area contributed by atoms with Crippen LogP contribution in [0.5, 0.6) is 0 Å². The first-order valence-electron chi connectivity index (χ1n) is 4.67. The molecule has 1 atom stereocenters. The molecule has 0 aromatic heterocycles. The zero-order chi connectivity index (χ0) is 9.10. The van der Waals surface area contributed by atoms with Crippen molar-refractivity contribution in [2.45, 2.75) is 12.8 Å². The summed E-state index contributed by atoms with van der Waals surface area (Å²) in [5.41, 5.74) is 1.47. The molecule has 2 rings (SSSR count). The van der Waals surface area contributed by atoms with E-state index in [4.69, 9.17) is 0 Å². The highest BCUT2D eigenvalue weighted by atomic mass is 79.9. The number of hydrogen-bond donors (Lipinski definition) is 0. The number of rotatable bonds is 2. The normalized spacial score (nSPS) is 22.1. The third-order valence-electron chi connectivity index (χ3n) is 2.44. The molecule has 0 bridgehead atoms. The topological polar surface area (TPSA) is 0 Å². The summed E-state index contributed by atoms with van der Waals surface area (Å²) in [4.78, 5) is 0. The van der Waals surface area contributed by atoms with Crippen LogP contribution in [0, 0.1) is 5.92 Å². The Labute approximate surface area is 92.2 Å². The maximum Gasteiger partial charge on any atom is 0.0177 e. The second kappa shape index (κ2) is 4.52. The van der Waals surface area contributed by atoms with Crippen molar-refractivity contribution in [3.05, 3.63) is 34.3 Å². The predicted molar refractivity (Wildman–Crippen MR) is 63.3 cm³/mol. The van der Waals surface area contributed by atoms with Gasteiger partial charge >= 0.3 is 0 Å². The van der Waals surface area contributed by atoms with E-state index in [0.29, 0.717) is 0 Å². The van der Waals surface area contributed by atoms with Gasteiger partial charge in [-0.2, -0.15) is 11.8 Å². The Kier molecular flexibility index (Phi) is 3.33. The van der Waals surface area contributed by atoms with E-state index >= 15 is 0 Å². The molecule has 2 heteroatoms. The summed E-state index contributed by atoms with van der Waals surface area (Å²) in [5.74, 6) is 3.63. The molecule has 1 aromatic rings. The van der Waals surface area contributed by atoms with Crippen molar-refractivity contribution in [1.29, 1.82) is 0 Å². The van der Waals surface area contributed by atoms with Gasteiger partial charge in [-0.3, -0.25) is 0 Å². The third-order valence-corrected chi connectivity index (χ3v) is 4.16. The summed E-state index contributed by atoms with van der Waals surface area (Å²) in [7, 11) is 0. The van der Waals surface area contributed by atoms with Gasteiger partial charge in [0.1, 0.15) is 0 Å². The SMILES string of the molecule is Brc1cccc(CC2CCSC2)c1. The lowest BCUT2D eigenvalue weighted by atomic mass is 9.99. The van der Waals surface area contributed by atoms with Crippen LogP contribution < -0.4 is 0 Å². The lowest BCUT2D eigenvalue weighted by Crippen LogP contribution is -2.02. The molecule has 0 N–H and O–H groups in total. The largest absolute Gasteiger partial charge is 0.162 e. The predicted octanol–water partition coefficient (Wildman–Crippen LogP) is 3.74. The zero-order valence-corrected chi connectivity index (χ0v) is 9.90. The summed E-state index contributed by atoms with van der Waals surface area (Å²) in [6, 6.07) is 8.69. The van der Waals surface area contributed by atoms with E-state index in [1.54, 1.807) is 0 Å². The molecule has 1 aliphatic heterocycles. The molecule has 1 fully saturated rings. The monoisotopic (exact) mass is 256 g/mol. The summed E-state index contributed by atoms with van der Waals surface area (Å²) in [5, 5.41) is 0. The zero-order valence-electron chi connectivity index (χ0n) is 7.50. The van der Waals surface area contributed by atoms with Crippen molar-refractivity contribution in [3.63, 3.8) is 0 Å². The Bertz CT molecular complexity index is 279. The van der Waals surface area contributed by atoms with Crippen LogP contribution in [0.4, 0.5) is 0 Å². The van der Waals surface area contributed by atoms with Crippen molar-refractivity contribution >= 4 is 27.7 Å². The minimum Gasteiger partial charge on any atom is -0.162 e. The lowest BCUT2D eigenvalue weighted by molar-refractivity contribution is 0.596. The highest BCUT2D eigenvalue weighted by Gasteiger charge is 2.15. The molecular formula is C11H13BrS. The average Bonchev–Trinajstić information content (AvgIpc) is 2.57. The van der Waals surface area contributed by atoms with E-state index < -0.39 is 0 Å². The molecular weight excluding hydrogens is 244 g/mol. The van der Waals surface area contributed by atoms with Crippen LogP contribution in [0.2, 0.25) is 0 Å². The van der Waals surface area contributed by atoms with Gasteiger partial charge in [-0.15, -0.1) is 0 Å². The van der Waals surface area contributed by atoms with Crippen LogP contribution in [0.1, 0.15) is 12.0 Å². The second-order valence-corrected chi connectivity index (χ2v) is 5.63. The fourth-order valence-corrected chi connectivity index (χ4v) is 3.47. The molecule has 0 aliphatic carbocycles. The molecule has 13 heavy (non-hydrogen) atoms. The van der Waals surface area contributed by atoms with E-state index in [1.165, 1.54) is 34.4 Å². The van der Waals surface area contributed by atoms with Gasteiger partial charge in [-0.25, -0.2) is 0 Å². The lowest BCUT2D eigenvalue weighted by Gasteiger charge is -2.07. The van der Waals surface area contributed by atoms with Crippen LogP contribution in [0.15, 0.2) is 28.7 Å². The Morgan fingerprint density at radius 3 is 3.08 bits per heavy atom. The van der Waals surface area contributed by atoms with Gasteiger partial charge in [0.05, 0.1) is 0 Å². The number of hydrogen-bond acceptors (Lipinski definition) is 1. The van der Waals surface area contributed by atoms with E-state index in [-0.39, 0.29) is 0 Å². The van der Waals surface area contributed by atoms with Gasteiger partial charge in [0.2, 0.25) is 0 Å². The van der Waals surface area contributed by atoms with Gasteiger partial charge in [0.25, 0.3) is 0 Å². The van der Waals surface area contributed by atoms with Crippen LogP contribution in [-0.2, 0) is 6.42 Å². The van der Waals surface area contributed by atoms with Crippen LogP contribution in [0.3, 0.4) is 0 Å². The van der Waals surface area contributed by atoms with Gasteiger partial charge in [-0.05, 0) is 48.0 Å². The van der Waals surface area contributed by atoms with E-state index in [2.05, 4.69) is 52.0 Å². The molecule has 70 valence electrons. The minimum absolute atomic E-state index is 0.916. The van der Waals surface area contributed by atoms with E-state index in [0.717, 1.165) is 5.92 Å². The van der Waals surface area contributed by atoms with Gasteiger partial charge in [-0.1, -0.05) is 28.1 Å². The summed E-state index contributed by atoms with van der Waals surface area (Å²) < 4.78 is 1.20.